The van der Waals surface area contributed by atoms with Crippen molar-refractivity contribution in [3.05, 3.63) is 12.2 Å². The Balaban J connectivity index is 2.31. The molecule has 1 fully saturated rings. The smallest absolute Gasteiger partial charge is 0.306 e. The summed E-state index contributed by atoms with van der Waals surface area (Å²) < 4.78 is 54.3. The van der Waals surface area contributed by atoms with E-state index in [1.165, 1.54) is 173 Å². The SMILES string of the molecule is CCCCCCCC/C=C/CCCCCCCCCC(=O)O[C@H](COC(=O)CCCCCCCCCCCCCCCCCCCCCCCC)CO[C@H]1O[C@H](CS(=O)(=O)O)[C@@H](O)C(O)C1O. The zero-order chi connectivity index (χ0) is 49.1. The van der Waals surface area contributed by atoms with E-state index in [0.717, 1.165) is 51.4 Å². The van der Waals surface area contributed by atoms with Gasteiger partial charge in [-0.05, 0) is 38.5 Å². The van der Waals surface area contributed by atoms with Crippen molar-refractivity contribution in [2.75, 3.05) is 19.0 Å². The van der Waals surface area contributed by atoms with Crippen molar-refractivity contribution < 1.29 is 56.8 Å². The van der Waals surface area contributed by atoms with E-state index >= 15 is 0 Å². The van der Waals surface area contributed by atoms with E-state index in [0.29, 0.717) is 12.8 Å². The largest absolute Gasteiger partial charge is 0.462 e. The highest BCUT2D eigenvalue weighted by Gasteiger charge is 2.46. The Kier molecular flexibility index (Phi) is 42.0. The van der Waals surface area contributed by atoms with E-state index in [-0.39, 0.29) is 19.4 Å². The highest BCUT2D eigenvalue weighted by atomic mass is 32.2. The Morgan fingerprint density at radius 2 is 0.851 bits per heavy atom. The lowest BCUT2D eigenvalue weighted by atomic mass is 10.00. The molecule has 0 aromatic carbocycles. The van der Waals surface area contributed by atoms with E-state index in [1.807, 2.05) is 0 Å². The molecule has 0 aromatic heterocycles. The van der Waals surface area contributed by atoms with Gasteiger partial charge in [0.1, 0.15) is 36.8 Å². The first-order chi connectivity index (χ1) is 32.5. The minimum atomic E-state index is -4.60. The van der Waals surface area contributed by atoms with Crippen molar-refractivity contribution in [3.63, 3.8) is 0 Å². The number of rotatable bonds is 48. The lowest BCUT2D eigenvalue weighted by molar-refractivity contribution is -0.297. The van der Waals surface area contributed by atoms with Crippen molar-refractivity contribution >= 4 is 22.1 Å². The van der Waals surface area contributed by atoms with E-state index in [9.17, 15) is 37.9 Å². The fraction of sp³-hybridized carbons (Fsp3) is 0.926. The van der Waals surface area contributed by atoms with Crippen LogP contribution in [0.25, 0.3) is 0 Å². The van der Waals surface area contributed by atoms with Gasteiger partial charge < -0.3 is 34.3 Å². The standard InChI is InChI=1S/C54H102O12S/c1-3-5-7-9-11-13-15-17-19-21-22-23-24-25-27-28-30-32-34-36-38-40-42-49(55)63-44-47(45-64-54-53(59)52(58)51(57)48(66-54)46-67(60,61)62)65-50(56)43-41-39-37-35-33-31-29-26-20-18-16-14-12-10-8-6-4-2/h18,20,47-48,51-54,57-59H,3-17,19,21-46H2,1-2H3,(H,60,61,62)/b20-18+/t47-,48-,51-,52?,53?,54+/m1/s1. The van der Waals surface area contributed by atoms with E-state index in [1.54, 1.807) is 0 Å². The van der Waals surface area contributed by atoms with Crippen LogP contribution < -0.4 is 0 Å². The van der Waals surface area contributed by atoms with Crippen molar-refractivity contribution in [1.29, 1.82) is 0 Å². The first-order valence-corrected chi connectivity index (χ1v) is 29.4. The first-order valence-electron chi connectivity index (χ1n) is 27.7. The Morgan fingerprint density at radius 1 is 0.493 bits per heavy atom. The molecule has 0 spiro atoms. The van der Waals surface area contributed by atoms with Crippen LogP contribution in [0.5, 0.6) is 0 Å². The van der Waals surface area contributed by atoms with Crippen molar-refractivity contribution in [2.24, 2.45) is 0 Å². The molecule has 13 heteroatoms. The van der Waals surface area contributed by atoms with Crippen molar-refractivity contribution in [2.45, 2.75) is 301 Å². The summed E-state index contributed by atoms with van der Waals surface area (Å²) in [5.41, 5.74) is 0. The summed E-state index contributed by atoms with van der Waals surface area (Å²) in [6, 6.07) is 0. The molecule has 2 unspecified atom stereocenters. The molecule has 1 heterocycles. The number of hydrogen-bond donors (Lipinski definition) is 4. The maximum atomic E-state index is 12.9. The Morgan fingerprint density at radius 3 is 1.24 bits per heavy atom. The van der Waals surface area contributed by atoms with Crippen LogP contribution in [0.3, 0.4) is 0 Å². The van der Waals surface area contributed by atoms with Gasteiger partial charge in [0.05, 0.1) is 6.61 Å². The highest BCUT2D eigenvalue weighted by Crippen LogP contribution is 2.24. The predicted molar refractivity (Wildman–Crippen MR) is 270 cm³/mol. The second-order valence-electron chi connectivity index (χ2n) is 19.6. The van der Waals surface area contributed by atoms with E-state index in [4.69, 9.17) is 18.9 Å². The minimum absolute atomic E-state index is 0.164. The number of carbonyl (C=O) groups excluding carboxylic acids is 2. The maximum Gasteiger partial charge on any atom is 0.306 e. The van der Waals surface area contributed by atoms with Crippen LogP contribution in [-0.4, -0.2) is 96.0 Å². The summed E-state index contributed by atoms with van der Waals surface area (Å²) in [5.74, 6) is -1.97. The molecule has 1 rings (SSSR count). The number of unbranched alkanes of at least 4 members (excludes halogenated alkanes) is 34. The summed E-state index contributed by atoms with van der Waals surface area (Å²) in [7, 11) is -4.60. The topological polar surface area (TPSA) is 186 Å². The van der Waals surface area contributed by atoms with Gasteiger partial charge in [0.2, 0.25) is 0 Å². The molecular formula is C54H102O12S. The number of carbonyl (C=O) groups is 2. The van der Waals surface area contributed by atoms with Crippen LogP contribution in [0, 0.1) is 0 Å². The number of esters is 2. The zero-order valence-electron chi connectivity index (χ0n) is 42.8. The summed E-state index contributed by atoms with van der Waals surface area (Å²) in [4.78, 5) is 25.6. The molecule has 4 N–H and O–H groups in total. The quantitative estimate of drug-likeness (QED) is 0.0196. The summed E-state index contributed by atoms with van der Waals surface area (Å²) in [5, 5.41) is 31.0. The van der Waals surface area contributed by atoms with Gasteiger partial charge in [-0.25, -0.2) is 0 Å². The van der Waals surface area contributed by atoms with Crippen LogP contribution >= 0.6 is 0 Å². The Hall–Kier alpha value is -1.61. The first kappa shape index (κ1) is 63.4. The molecule has 1 saturated heterocycles. The number of ether oxygens (including phenoxy) is 4. The van der Waals surface area contributed by atoms with Gasteiger partial charge in [-0.1, -0.05) is 225 Å². The van der Waals surface area contributed by atoms with Gasteiger partial charge in [0.15, 0.2) is 12.4 Å². The number of aliphatic hydroxyl groups excluding tert-OH is 3. The molecule has 12 nitrogen and oxygen atoms in total. The van der Waals surface area contributed by atoms with E-state index in [2.05, 4.69) is 26.0 Å². The van der Waals surface area contributed by atoms with Crippen LogP contribution in [0.4, 0.5) is 0 Å². The van der Waals surface area contributed by atoms with Gasteiger partial charge in [0.25, 0.3) is 10.1 Å². The second kappa shape index (κ2) is 44.3. The molecule has 0 aliphatic carbocycles. The van der Waals surface area contributed by atoms with Gasteiger partial charge in [-0.2, -0.15) is 8.42 Å². The summed E-state index contributed by atoms with van der Waals surface area (Å²) in [6.45, 7) is 3.81. The molecule has 0 bridgehead atoms. The number of allylic oxidation sites excluding steroid dienone is 2. The third kappa shape index (κ3) is 38.8. The molecule has 0 radical (unpaired) electrons. The minimum Gasteiger partial charge on any atom is -0.462 e. The molecule has 6 atom stereocenters. The van der Waals surface area contributed by atoms with Crippen LogP contribution in [-0.2, 0) is 38.7 Å². The van der Waals surface area contributed by atoms with Crippen LogP contribution in [0.1, 0.15) is 264 Å². The lowest BCUT2D eigenvalue weighted by Gasteiger charge is -2.40. The molecular weight excluding hydrogens is 873 g/mol. The Labute approximate surface area is 409 Å². The lowest BCUT2D eigenvalue weighted by Crippen LogP contribution is -2.60. The van der Waals surface area contributed by atoms with Gasteiger partial charge in [-0.3, -0.25) is 14.1 Å². The Bertz CT molecular complexity index is 1280. The van der Waals surface area contributed by atoms with Gasteiger partial charge in [0, 0.05) is 12.8 Å². The maximum absolute atomic E-state index is 12.9. The fourth-order valence-electron chi connectivity index (χ4n) is 8.79. The van der Waals surface area contributed by atoms with Gasteiger partial charge in [-0.15, -0.1) is 0 Å². The van der Waals surface area contributed by atoms with Gasteiger partial charge >= 0.3 is 11.9 Å². The molecule has 0 amide bonds. The highest BCUT2D eigenvalue weighted by molar-refractivity contribution is 7.85. The second-order valence-corrected chi connectivity index (χ2v) is 21.1. The monoisotopic (exact) mass is 975 g/mol. The number of aliphatic hydroxyl groups is 3. The zero-order valence-corrected chi connectivity index (χ0v) is 43.6. The summed E-state index contributed by atoms with van der Waals surface area (Å²) in [6.07, 6.45) is 41.1. The third-order valence-corrected chi connectivity index (χ3v) is 13.8. The molecule has 1 aliphatic heterocycles. The number of hydrogen-bond acceptors (Lipinski definition) is 11. The fourth-order valence-corrected chi connectivity index (χ4v) is 9.48. The van der Waals surface area contributed by atoms with Crippen molar-refractivity contribution in [3.8, 4) is 0 Å². The molecule has 67 heavy (non-hydrogen) atoms. The van der Waals surface area contributed by atoms with Crippen LogP contribution in [0.2, 0.25) is 0 Å². The molecule has 0 aromatic rings. The normalized spacial score (nSPS) is 19.3. The van der Waals surface area contributed by atoms with Crippen molar-refractivity contribution in [1.82, 2.24) is 0 Å². The average Bonchev–Trinajstić information content (AvgIpc) is 3.30. The molecule has 1 aliphatic rings. The predicted octanol–water partition coefficient (Wildman–Crippen LogP) is 13.0. The molecule has 0 saturated carbocycles. The average molecular weight is 975 g/mol. The van der Waals surface area contributed by atoms with Crippen LogP contribution in [0.15, 0.2) is 12.2 Å². The van der Waals surface area contributed by atoms with E-state index < -0.39 is 71.2 Å². The third-order valence-electron chi connectivity index (χ3n) is 13.1. The summed E-state index contributed by atoms with van der Waals surface area (Å²) >= 11 is 0. The molecule has 396 valence electrons.